The first-order chi connectivity index (χ1) is 16.3. The first-order valence-corrected chi connectivity index (χ1v) is 12.4. The number of benzene rings is 3. The third-order valence-corrected chi connectivity index (χ3v) is 7.64. The molecule has 1 unspecified atom stereocenters. The van der Waals surface area contributed by atoms with Crippen LogP contribution in [-0.2, 0) is 27.5 Å². The van der Waals surface area contributed by atoms with Crippen molar-refractivity contribution in [3.8, 4) is 11.5 Å². The molecular weight excluding hydrogens is 454 g/mol. The highest BCUT2D eigenvalue weighted by molar-refractivity contribution is 7.91. The lowest BCUT2D eigenvalue weighted by atomic mass is 9.97. The molecule has 3 aromatic rings. The third kappa shape index (κ3) is 4.97. The van der Waals surface area contributed by atoms with Crippen LogP contribution >= 0.6 is 0 Å². The Hall–Kier alpha value is -3.65. The molecule has 34 heavy (non-hydrogen) atoms. The molecule has 0 bridgehead atoms. The minimum absolute atomic E-state index is 0.0120. The predicted octanol–water partition coefficient (Wildman–Crippen LogP) is 3.71. The number of ether oxygens (including phenoxy) is 2. The minimum atomic E-state index is -3.71. The molecule has 176 valence electrons. The van der Waals surface area contributed by atoms with E-state index in [1.807, 2.05) is 30.3 Å². The summed E-state index contributed by atoms with van der Waals surface area (Å²) in [6.45, 7) is 0. The maximum Gasteiger partial charge on any atom is 0.236 e. The Kier molecular flexibility index (Phi) is 6.70. The van der Waals surface area contributed by atoms with Crippen molar-refractivity contribution >= 4 is 27.2 Å². The van der Waals surface area contributed by atoms with E-state index in [4.69, 9.17) is 9.47 Å². The average molecular weight is 480 g/mol. The average Bonchev–Trinajstić information content (AvgIpc) is 2.85. The number of anilines is 1. The number of sulfone groups is 1. The van der Waals surface area contributed by atoms with E-state index < -0.39 is 33.2 Å². The molecule has 0 saturated carbocycles. The number of fused-ring (bicyclic) bond motifs is 1. The van der Waals surface area contributed by atoms with Crippen molar-refractivity contribution in [1.29, 1.82) is 0 Å². The Morgan fingerprint density at radius 3 is 2.18 bits per heavy atom. The van der Waals surface area contributed by atoms with Gasteiger partial charge in [-0.2, -0.15) is 0 Å². The van der Waals surface area contributed by atoms with Crippen molar-refractivity contribution < 1.29 is 27.5 Å². The van der Waals surface area contributed by atoms with Crippen molar-refractivity contribution in [3.05, 3.63) is 83.4 Å². The molecule has 1 N–H and O–H groups in total. The molecule has 4 rings (SSSR count). The van der Waals surface area contributed by atoms with Crippen molar-refractivity contribution in [3.63, 3.8) is 0 Å². The van der Waals surface area contributed by atoms with Crippen molar-refractivity contribution in [1.82, 2.24) is 0 Å². The van der Waals surface area contributed by atoms with Crippen LogP contribution < -0.4 is 14.8 Å². The van der Waals surface area contributed by atoms with E-state index in [0.717, 1.165) is 35.5 Å². The molecule has 1 heterocycles. The largest absolute Gasteiger partial charge is 0.497 e. The highest BCUT2D eigenvalue weighted by Crippen LogP contribution is 2.29. The second-order valence-corrected chi connectivity index (χ2v) is 10.1. The van der Waals surface area contributed by atoms with E-state index in [1.165, 1.54) is 12.1 Å². The van der Waals surface area contributed by atoms with Gasteiger partial charge < -0.3 is 14.8 Å². The number of hydrogen-bond donors (Lipinski definition) is 1. The fourth-order valence-electron chi connectivity index (χ4n) is 3.99. The van der Waals surface area contributed by atoms with Crippen LogP contribution in [0.5, 0.6) is 11.5 Å². The Labute approximate surface area is 198 Å². The van der Waals surface area contributed by atoms with Crippen LogP contribution in [0.15, 0.2) is 71.6 Å². The lowest BCUT2D eigenvalue weighted by Crippen LogP contribution is -2.39. The van der Waals surface area contributed by atoms with Gasteiger partial charge in [0.15, 0.2) is 15.6 Å². The maximum absolute atomic E-state index is 12.8. The number of amides is 1. The van der Waals surface area contributed by atoms with Gasteiger partial charge in [0.05, 0.1) is 24.9 Å². The molecule has 0 radical (unpaired) electrons. The molecule has 0 saturated heterocycles. The maximum atomic E-state index is 12.8. The summed E-state index contributed by atoms with van der Waals surface area (Å²) < 4.78 is 35.7. The SMILES string of the molecule is COc1cc(CCc2ccc(NC(=O)C3CS(=O)(=O)c4ccccc4C3=O)cc2)cc(OC)c1. The van der Waals surface area contributed by atoms with Crippen molar-refractivity contribution in [2.75, 3.05) is 25.3 Å². The number of hydrogen-bond acceptors (Lipinski definition) is 6. The van der Waals surface area contributed by atoms with E-state index in [1.54, 1.807) is 38.5 Å². The summed E-state index contributed by atoms with van der Waals surface area (Å²) in [6, 6.07) is 19.0. The predicted molar refractivity (Wildman–Crippen MR) is 128 cm³/mol. The molecule has 3 aromatic carbocycles. The molecule has 8 heteroatoms. The lowest BCUT2D eigenvalue weighted by Gasteiger charge is -2.22. The second kappa shape index (κ2) is 9.69. The molecule has 1 amide bonds. The zero-order valence-electron chi connectivity index (χ0n) is 18.9. The molecule has 1 aliphatic heterocycles. The van der Waals surface area contributed by atoms with Crippen LogP contribution in [-0.4, -0.2) is 40.1 Å². The first-order valence-electron chi connectivity index (χ1n) is 10.8. The van der Waals surface area contributed by atoms with Gasteiger partial charge in [-0.05, 0) is 54.3 Å². The highest BCUT2D eigenvalue weighted by atomic mass is 32.2. The van der Waals surface area contributed by atoms with Crippen molar-refractivity contribution in [2.24, 2.45) is 5.92 Å². The van der Waals surface area contributed by atoms with Crippen LogP contribution in [0.1, 0.15) is 21.5 Å². The Bertz CT molecular complexity index is 1310. The molecule has 0 spiro atoms. The van der Waals surface area contributed by atoms with Crippen molar-refractivity contribution in [2.45, 2.75) is 17.7 Å². The van der Waals surface area contributed by atoms with Gasteiger partial charge in [0.1, 0.15) is 17.4 Å². The number of carbonyl (C=O) groups is 2. The molecule has 1 aliphatic rings. The minimum Gasteiger partial charge on any atom is -0.497 e. The highest BCUT2D eigenvalue weighted by Gasteiger charge is 2.40. The van der Waals surface area contributed by atoms with Gasteiger partial charge >= 0.3 is 0 Å². The molecular formula is C26H25NO6S. The van der Waals surface area contributed by atoms with Gasteiger partial charge in [-0.15, -0.1) is 0 Å². The number of carbonyl (C=O) groups excluding carboxylic acids is 2. The fourth-order valence-corrected chi connectivity index (χ4v) is 5.70. The summed E-state index contributed by atoms with van der Waals surface area (Å²) in [6.07, 6.45) is 1.54. The number of Topliss-reactive ketones (excluding diaryl/α,β-unsaturated/α-hetero) is 1. The topological polar surface area (TPSA) is 98.8 Å². The number of methoxy groups -OCH3 is 2. The van der Waals surface area contributed by atoms with Gasteiger partial charge in [-0.3, -0.25) is 9.59 Å². The monoisotopic (exact) mass is 479 g/mol. The van der Waals surface area contributed by atoms with E-state index in [2.05, 4.69) is 5.32 Å². The molecule has 0 aliphatic carbocycles. The fraction of sp³-hybridized carbons (Fsp3) is 0.231. The summed E-state index contributed by atoms with van der Waals surface area (Å²) >= 11 is 0. The van der Waals surface area contributed by atoms with Crippen LogP contribution in [0, 0.1) is 5.92 Å². The first kappa shape index (κ1) is 23.5. The van der Waals surface area contributed by atoms with E-state index in [-0.39, 0.29) is 10.5 Å². The number of nitrogens with one attached hydrogen (secondary N) is 1. The molecule has 1 atom stereocenters. The lowest BCUT2D eigenvalue weighted by molar-refractivity contribution is -0.118. The van der Waals surface area contributed by atoms with E-state index in [0.29, 0.717) is 5.69 Å². The summed E-state index contributed by atoms with van der Waals surface area (Å²) in [7, 11) is -0.488. The van der Waals surface area contributed by atoms with E-state index >= 15 is 0 Å². The van der Waals surface area contributed by atoms with Crippen LogP contribution in [0.25, 0.3) is 0 Å². The molecule has 0 fully saturated rings. The summed E-state index contributed by atoms with van der Waals surface area (Å²) in [5.41, 5.74) is 2.70. The van der Waals surface area contributed by atoms with Crippen LogP contribution in [0.4, 0.5) is 5.69 Å². The summed E-state index contributed by atoms with van der Waals surface area (Å²) in [5.74, 6) is -1.45. The van der Waals surface area contributed by atoms with Crippen LogP contribution in [0.3, 0.4) is 0 Å². The zero-order chi connectivity index (χ0) is 24.3. The quantitative estimate of drug-likeness (QED) is 0.519. The normalized spacial score (nSPS) is 16.4. The van der Waals surface area contributed by atoms with Gasteiger partial charge in [0.2, 0.25) is 5.91 Å². The number of ketones is 1. The smallest absolute Gasteiger partial charge is 0.236 e. The summed E-state index contributed by atoms with van der Waals surface area (Å²) in [4.78, 5) is 25.5. The Morgan fingerprint density at radius 1 is 0.912 bits per heavy atom. The number of aryl methyl sites for hydroxylation is 2. The molecule has 7 nitrogen and oxygen atoms in total. The van der Waals surface area contributed by atoms with Gasteiger partial charge in [0.25, 0.3) is 0 Å². The van der Waals surface area contributed by atoms with Gasteiger partial charge in [-0.1, -0.05) is 30.3 Å². The molecule has 0 aromatic heterocycles. The van der Waals surface area contributed by atoms with E-state index in [9.17, 15) is 18.0 Å². The second-order valence-electron chi connectivity index (χ2n) is 8.10. The Morgan fingerprint density at radius 2 is 1.53 bits per heavy atom. The summed E-state index contributed by atoms with van der Waals surface area (Å²) in [5, 5.41) is 2.68. The van der Waals surface area contributed by atoms with Gasteiger partial charge in [-0.25, -0.2) is 8.42 Å². The Balaban J connectivity index is 1.41. The van der Waals surface area contributed by atoms with Crippen LogP contribution in [0.2, 0.25) is 0 Å². The zero-order valence-corrected chi connectivity index (χ0v) is 19.7. The standard InChI is InChI=1S/C26H25NO6S/c1-32-20-13-18(14-21(15-20)33-2)8-7-17-9-11-19(12-10-17)27-26(29)23-16-34(30,31)24-6-4-3-5-22(24)25(23)28/h3-6,9-15,23H,7-8,16H2,1-2H3,(H,27,29). The number of rotatable bonds is 7. The third-order valence-electron chi connectivity index (χ3n) is 5.84. The van der Waals surface area contributed by atoms with Gasteiger partial charge in [0, 0.05) is 17.3 Å².